The molecule has 0 aliphatic carbocycles. The molecule has 1 heterocycles. The van der Waals surface area contributed by atoms with Gasteiger partial charge in [-0.05, 0) is 19.1 Å². The average Bonchev–Trinajstić information content (AvgIpc) is 2.07. The smallest absolute Gasteiger partial charge is 0.246 e. The van der Waals surface area contributed by atoms with Crippen LogP contribution < -0.4 is 10.6 Å². The van der Waals surface area contributed by atoms with Gasteiger partial charge in [-0.25, -0.2) is 0 Å². The van der Waals surface area contributed by atoms with Gasteiger partial charge in [-0.1, -0.05) is 12.1 Å². The summed E-state index contributed by atoms with van der Waals surface area (Å²) in [6.07, 6.45) is 0. The van der Waals surface area contributed by atoms with E-state index >= 15 is 0 Å². The van der Waals surface area contributed by atoms with Crippen LogP contribution >= 0.6 is 0 Å². The van der Waals surface area contributed by atoms with E-state index in [2.05, 4.69) is 10.6 Å². The van der Waals surface area contributed by atoms with E-state index in [-0.39, 0.29) is 11.9 Å². The van der Waals surface area contributed by atoms with Crippen molar-refractivity contribution in [3.8, 4) is 0 Å². The molecule has 3 heteroatoms. The van der Waals surface area contributed by atoms with Crippen molar-refractivity contribution >= 4 is 17.3 Å². The number of fused-ring (bicyclic) bond motifs is 1. The minimum Gasteiger partial charge on any atom is -0.372 e. The molecule has 0 bridgehead atoms. The fourth-order valence-corrected chi connectivity index (χ4v) is 1.26. The number of hydrogen-bond acceptors (Lipinski definition) is 2. The molecule has 12 heavy (non-hydrogen) atoms. The lowest BCUT2D eigenvalue weighted by Crippen LogP contribution is -2.36. The van der Waals surface area contributed by atoms with Gasteiger partial charge in [-0.2, -0.15) is 0 Å². The molecule has 1 aromatic carbocycles. The van der Waals surface area contributed by atoms with Crippen LogP contribution in [0.1, 0.15) is 6.92 Å². The third-order valence-electron chi connectivity index (χ3n) is 1.95. The Bertz CT molecular complexity index is 322. The van der Waals surface area contributed by atoms with E-state index in [1.807, 2.05) is 31.2 Å². The van der Waals surface area contributed by atoms with Gasteiger partial charge in [0.15, 0.2) is 0 Å². The maximum absolute atomic E-state index is 11.2. The highest BCUT2D eigenvalue weighted by molar-refractivity contribution is 6.02. The van der Waals surface area contributed by atoms with Gasteiger partial charge in [0.1, 0.15) is 6.04 Å². The zero-order chi connectivity index (χ0) is 8.55. The van der Waals surface area contributed by atoms with E-state index in [9.17, 15) is 4.79 Å². The van der Waals surface area contributed by atoms with Crippen LogP contribution in [0, 0.1) is 0 Å². The Kier molecular flexibility index (Phi) is 1.50. The van der Waals surface area contributed by atoms with Crippen LogP contribution in [0.4, 0.5) is 11.4 Å². The minimum absolute atomic E-state index is 0.0219. The standard InChI is InChI=1S/C9H10N2O/c1-6-9(12)11-8-5-3-2-4-7(8)10-6/h2-6,10H,1H3,(H,11,12)/t6-/m1/s1. The predicted octanol–water partition coefficient (Wildman–Crippen LogP) is 1.44. The monoisotopic (exact) mass is 162 g/mol. The Morgan fingerprint density at radius 1 is 1.25 bits per heavy atom. The maximum Gasteiger partial charge on any atom is 0.246 e. The third-order valence-corrected chi connectivity index (χ3v) is 1.95. The number of carbonyl (C=O) groups is 1. The summed E-state index contributed by atoms with van der Waals surface area (Å²) in [6.45, 7) is 1.84. The number of hydrogen-bond donors (Lipinski definition) is 2. The lowest BCUT2D eigenvalue weighted by molar-refractivity contribution is -0.116. The largest absolute Gasteiger partial charge is 0.372 e. The Balaban J connectivity index is 2.40. The molecule has 0 aromatic heterocycles. The van der Waals surface area contributed by atoms with Crippen molar-refractivity contribution < 1.29 is 4.79 Å². The van der Waals surface area contributed by atoms with Crippen molar-refractivity contribution in [3.63, 3.8) is 0 Å². The SMILES string of the molecule is C[C@H]1Nc2ccccc2NC1=O. The molecule has 0 unspecified atom stereocenters. The number of nitrogens with one attached hydrogen (secondary N) is 2. The second-order valence-corrected chi connectivity index (χ2v) is 2.90. The number of carbonyl (C=O) groups excluding carboxylic acids is 1. The fraction of sp³-hybridized carbons (Fsp3) is 0.222. The number of anilines is 2. The molecule has 0 saturated heterocycles. The van der Waals surface area contributed by atoms with Crippen molar-refractivity contribution in [2.45, 2.75) is 13.0 Å². The summed E-state index contributed by atoms with van der Waals surface area (Å²) in [5, 5.41) is 5.91. The van der Waals surface area contributed by atoms with E-state index in [0.29, 0.717) is 0 Å². The van der Waals surface area contributed by atoms with Gasteiger partial charge in [0, 0.05) is 0 Å². The second-order valence-electron chi connectivity index (χ2n) is 2.90. The summed E-state index contributed by atoms with van der Waals surface area (Å²) in [5.74, 6) is 0.0219. The van der Waals surface area contributed by atoms with Gasteiger partial charge in [-0.3, -0.25) is 4.79 Å². The number of amides is 1. The molecule has 3 nitrogen and oxygen atoms in total. The van der Waals surface area contributed by atoms with E-state index in [0.717, 1.165) is 11.4 Å². The summed E-state index contributed by atoms with van der Waals surface area (Å²) < 4.78 is 0. The molecule has 0 radical (unpaired) electrons. The summed E-state index contributed by atoms with van der Waals surface area (Å²) in [4.78, 5) is 11.2. The van der Waals surface area contributed by atoms with Gasteiger partial charge >= 0.3 is 0 Å². The molecular weight excluding hydrogens is 152 g/mol. The molecule has 62 valence electrons. The Morgan fingerprint density at radius 2 is 1.92 bits per heavy atom. The predicted molar refractivity (Wildman–Crippen MR) is 48.2 cm³/mol. The normalized spacial score (nSPS) is 20.8. The zero-order valence-corrected chi connectivity index (χ0v) is 6.79. The molecule has 2 N–H and O–H groups in total. The van der Waals surface area contributed by atoms with E-state index in [4.69, 9.17) is 0 Å². The minimum atomic E-state index is -0.139. The molecule has 1 aromatic rings. The summed E-state index contributed by atoms with van der Waals surface area (Å²) >= 11 is 0. The van der Waals surface area contributed by atoms with E-state index in [1.54, 1.807) is 0 Å². The lowest BCUT2D eigenvalue weighted by Gasteiger charge is -2.23. The van der Waals surface area contributed by atoms with Crippen LogP contribution in [0.25, 0.3) is 0 Å². The Labute approximate surface area is 70.8 Å². The van der Waals surface area contributed by atoms with Gasteiger partial charge < -0.3 is 10.6 Å². The average molecular weight is 162 g/mol. The molecule has 1 aliphatic rings. The van der Waals surface area contributed by atoms with Crippen molar-refractivity contribution in [1.29, 1.82) is 0 Å². The number of benzene rings is 1. The summed E-state index contributed by atoms with van der Waals surface area (Å²) in [7, 11) is 0. The van der Waals surface area contributed by atoms with Crippen LogP contribution in [0.2, 0.25) is 0 Å². The molecule has 1 atom stereocenters. The zero-order valence-electron chi connectivity index (χ0n) is 6.79. The summed E-state index contributed by atoms with van der Waals surface area (Å²) in [6, 6.07) is 7.53. The van der Waals surface area contributed by atoms with Crippen LogP contribution in [0.15, 0.2) is 24.3 Å². The van der Waals surface area contributed by atoms with Crippen LogP contribution in [0.5, 0.6) is 0 Å². The topological polar surface area (TPSA) is 41.1 Å². The number of rotatable bonds is 0. The molecule has 0 spiro atoms. The third kappa shape index (κ3) is 1.03. The first kappa shape index (κ1) is 7.16. The lowest BCUT2D eigenvalue weighted by atomic mass is 10.1. The number of para-hydroxylation sites is 2. The maximum atomic E-state index is 11.2. The van der Waals surface area contributed by atoms with Crippen molar-refractivity contribution in [2.24, 2.45) is 0 Å². The van der Waals surface area contributed by atoms with Crippen LogP contribution in [-0.2, 0) is 4.79 Å². The Morgan fingerprint density at radius 3 is 2.67 bits per heavy atom. The van der Waals surface area contributed by atoms with Gasteiger partial charge in [-0.15, -0.1) is 0 Å². The first-order valence-electron chi connectivity index (χ1n) is 3.94. The highest BCUT2D eigenvalue weighted by Gasteiger charge is 2.19. The molecule has 0 saturated carbocycles. The molecule has 0 fully saturated rings. The first-order valence-corrected chi connectivity index (χ1v) is 3.94. The van der Waals surface area contributed by atoms with Crippen LogP contribution in [0.3, 0.4) is 0 Å². The van der Waals surface area contributed by atoms with Crippen LogP contribution in [-0.4, -0.2) is 11.9 Å². The van der Waals surface area contributed by atoms with Crippen molar-refractivity contribution in [2.75, 3.05) is 10.6 Å². The molecular formula is C9H10N2O. The van der Waals surface area contributed by atoms with E-state index in [1.165, 1.54) is 0 Å². The van der Waals surface area contributed by atoms with Crippen molar-refractivity contribution in [3.05, 3.63) is 24.3 Å². The fourth-order valence-electron chi connectivity index (χ4n) is 1.26. The molecule has 2 rings (SSSR count). The second kappa shape index (κ2) is 2.52. The van der Waals surface area contributed by atoms with Gasteiger partial charge in [0.25, 0.3) is 0 Å². The van der Waals surface area contributed by atoms with Crippen molar-refractivity contribution in [1.82, 2.24) is 0 Å². The quantitative estimate of drug-likeness (QED) is 0.606. The highest BCUT2D eigenvalue weighted by Crippen LogP contribution is 2.25. The highest BCUT2D eigenvalue weighted by atomic mass is 16.2. The summed E-state index contributed by atoms with van der Waals surface area (Å²) in [5.41, 5.74) is 1.85. The Hall–Kier alpha value is -1.51. The van der Waals surface area contributed by atoms with Gasteiger partial charge in [0.2, 0.25) is 5.91 Å². The molecule has 1 amide bonds. The van der Waals surface area contributed by atoms with Gasteiger partial charge in [0.05, 0.1) is 11.4 Å². The molecule has 1 aliphatic heterocycles. The van der Waals surface area contributed by atoms with E-state index < -0.39 is 0 Å². The first-order chi connectivity index (χ1) is 5.77.